The molecule has 1 rings (SSSR count). The van der Waals surface area contributed by atoms with Gasteiger partial charge >= 0.3 is 18.3 Å². The van der Waals surface area contributed by atoms with Crippen molar-refractivity contribution in [3.63, 3.8) is 0 Å². The van der Waals surface area contributed by atoms with E-state index in [4.69, 9.17) is 9.84 Å². The van der Waals surface area contributed by atoms with Gasteiger partial charge in [0.1, 0.15) is 5.92 Å². The molecule has 1 aliphatic rings. The van der Waals surface area contributed by atoms with Gasteiger partial charge in [-0.1, -0.05) is 6.92 Å². The summed E-state index contributed by atoms with van der Waals surface area (Å²) in [6.07, 6.45) is -3.91. The molecule has 20 heavy (non-hydrogen) atoms. The number of alkyl halides is 4. The van der Waals surface area contributed by atoms with Crippen molar-refractivity contribution in [1.82, 2.24) is 4.90 Å². The number of carbonyl (C=O) groups is 2. The summed E-state index contributed by atoms with van der Waals surface area (Å²) in [6.45, 7) is 0.821. The zero-order valence-corrected chi connectivity index (χ0v) is 10.7. The van der Waals surface area contributed by atoms with E-state index in [1.807, 2.05) is 0 Å². The fourth-order valence-corrected chi connectivity index (χ4v) is 2.03. The van der Waals surface area contributed by atoms with E-state index in [0.29, 0.717) is 4.90 Å². The van der Waals surface area contributed by atoms with Gasteiger partial charge in [-0.25, -0.2) is 8.78 Å². The Bertz CT molecular complexity index is 377. The molecule has 0 aromatic heterocycles. The van der Waals surface area contributed by atoms with Crippen molar-refractivity contribution in [3.05, 3.63) is 0 Å². The van der Waals surface area contributed by atoms with Crippen molar-refractivity contribution in [2.24, 2.45) is 5.92 Å². The first-order chi connectivity index (χ1) is 9.23. The summed E-state index contributed by atoms with van der Waals surface area (Å²) < 4.78 is 55.7. The number of nitrogens with zero attached hydrogens (tertiary/aromatic N) is 1. The van der Waals surface area contributed by atoms with Crippen LogP contribution in [0, 0.1) is 5.92 Å². The van der Waals surface area contributed by atoms with Crippen LogP contribution < -0.4 is 0 Å². The number of aliphatic carboxylic acids is 1. The molecule has 0 saturated carbocycles. The van der Waals surface area contributed by atoms with Crippen LogP contribution in [0.4, 0.5) is 17.6 Å². The average Bonchev–Trinajstić information content (AvgIpc) is 2.83. The van der Waals surface area contributed by atoms with Crippen LogP contribution in [0.2, 0.25) is 0 Å². The topological polar surface area (TPSA) is 66.8 Å². The minimum atomic E-state index is -4.83. The van der Waals surface area contributed by atoms with E-state index in [1.165, 1.54) is 0 Å². The molecular weight excluding hydrogens is 286 g/mol. The Balaban J connectivity index is 2.99. The summed E-state index contributed by atoms with van der Waals surface area (Å²) in [5, 5.41) is 8.94. The van der Waals surface area contributed by atoms with Crippen LogP contribution in [0.15, 0.2) is 0 Å². The molecule has 1 saturated heterocycles. The van der Waals surface area contributed by atoms with E-state index in [9.17, 15) is 27.2 Å². The highest BCUT2D eigenvalue weighted by Gasteiger charge is 2.54. The predicted octanol–water partition coefficient (Wildman–Crippen LogP) is 1.22. The summed E-state index contributed by atoms with van der Waals surface area (Å²) >= 11 is 0. The van der Waals surface area contributed by atoms with E-state index < -0.39 is 36.2 Å². The molecule has 0 radical (unpaired) electrons. The number of hydrogen-bond acceptors (Lipinski definition) is 3. The smallest absolute Gasteiger partial charge is 0.383 e. The molecule has 9 heteroatoms. The van der Waals surface area contributed by atoms with Crippen molar-refractivity contribution >= 4 is 11.9 Å². The molecule has 5 nitrogen and oxygen atoms in total. The monoisotopic (exact) mass is 301 g/mol. The Morgan fingerprint density at radius 3 is 2.45 bits per heavy atom. The Morgan fingerprint density at radius 1 is 1.40 bits per heavy atom. The number of hydrogen-bond donors (Lipinski definition) is 1. The van der Waals surface area contributed by atoms with Gasteiger partial charge in [0.15, 0.2) is 0 Å². The first kappa shape index (κ1) is 16.7. The van der Waals surface area contributed by atoms with Crippen LogP contribution in [-0.4, -0.2) is 60.0 Å². The number of ether oxygens (including phenoxy) is 1. The van der Waals surface area contributed by atoms with Gasteiger partial charge in [0, 0.05) is 6.54 Å². The summed E-state index contributed by atoms with van der Waals surface area (Å²) in [6, 6.07) is -1.16. The van der Waals surface area contributed by atoms with Crippen LogP contribution in [-0.2, 0) is 14.3 Å². The molecule has 0 aromatic rings. The SMILES string of the molecule is CCCN(C(=O)C(F)(F)C(F)F)C1COCC1C(=O)O. The van der Waals surface area contributed by atoms with E-state index in [1.54, 1.807) is 6.92 Å². The summed E-state index contributed by atoms with van der Waals surface area (Å²) in [5.74, 6) is -9.40. The van der Waals surface area contributed by atoms with Crippen LogP contribution >= 0.6 is 0 Å². The highest BCUT2D eigenvalue weighted by molar-refractivity contribution is 5.85. The second kappa shape index (κ2) is 6.38. The number of rotatable bonds is 6. The minimum absolute atomic E-state index is 0.230. The molecule has 116 valence electrons. The lowest BCUT2D eigenvalue weighted by Gasteiger charge is -2.32. The summed E-state index contributed by atoms with van der Waals surface area (Å²) in [4.78, 5) is 23.1. The quantitative estimate of drug-likeness (QED) is 0.749. The summed E-state index contributed by atoms with van der Waals surface area (Å²) in [7, 11) is 0. The maximum absolute atomic E-state index is 13.2. The van der Waals surface area contributed by atoms with Crippen molar-refractivity contribution in [3.8, 4) is 0 Å². The third kappa shape index (κ3) is 3.20. The lowest BCUT2D eigenvalue weighted by molar-refractivity contribution is -0.184. The maximum Gasteiger partial charge on any atom is 0.383 e. The van der Waals surface area contributed by atoms with Gasteiger partial charge in [-0.3, -0.25) is 9.59 Å². The molecule has 1 amide bonds. The zero-order valence-electron chi connectivity index (χ0n) is 10.7. The highest BCUT2D eigenvalue weighted by atomic mass is 19.3. The molecule has 1 heterocycles. The Morgan fingerprint density at radius 2 is 2.00 bits per heavy atom. The van der Waals surface area contributed by atoms with Crippen molar-refractivity contribution < 1.29 is 37.0 Å². The standard InChI is InChI=1S/C11H15F4NO4/c1-2-3-16(10(19)11(14,15)9(12)13)7-5-20-4-6(7)8(17)18/h6-7,9H,2-5H2,1H3,(H,17,18). The van der Waals surface area contributed by atoms with Crippen molar-refractivity contribution in [2.45, 2.75) is 31.7 Å². The third-order valence-electron chi connectivity index (χ3n) is 3.05. The number of halogens is 4. The van der Waals surface area contributed by atoms with Crippen LogP contribution in [0.25, 0.3) is 0 Å². The zero-order chi connectivity index (χ0) is 15.5. The predicted molar refractivity (Wildman–Crippen MR) is 58.7 cm³/mol. The Kier molecular flexibility index (Phi) is 5.32. The molecular formula is C11H15F4NO4. The van der Waals surface area contributed by atoms with Gasteiger partial charge in [-0.2, -0.15) is 8.78 Å². The lowest BCUT2D eigenvalue weighted by atomic mass is 10.0. The number of carbonyl (C=O) groups excluding carboxylic acids is 1. The fourth-order valence-electron chi connectivity index (χ4n) is 2.03. The van der Waals surface area contributed by atoms with Crippen molar-refractivity contribution in [1.29, 1.82) is 0 Å². The largest absolute Gasteiger partial charge is 0.481 e. The van der Waals surface area contributed by atoms with Gasteiger partial charge in [-0.15, -0.1) is 0 Å². The first-order valence-electron chi connectivity index (χ1n) is 6.01. The van der Waals surface area contributed by atoms with Gasteiger partial charge in [-0.05, 0) is 6.42 Å². The van der Waals surface area contributed by atoms with Gasteiger partial charge in [0.25, 0.3) is 5.91 Å². The van der Waals surface area contributed by atoms with Crippen molar-refractivity contribution in [2.75, 3.05) is 19.8 Å². The number of carboxylic acids is 1. The molecule has 2 atom stereocenters. The van der Waals surface area contributed by atoms with Crippen LogP contribution in [0.3, 0.4) is 0 Å². The highest BCUT2D eigenvalue weighted by Crippen LogP contribution is 2.29. The minimum Gasteiger partial charge on any atom is -0.481 e. The van der Waals surface area contributed by atoms with Gasteiger partial charge in [0.2, 0.25) is 0 Å². The Hall–Kier alpha value is -1.38. The average molecular weight is 301 g/mol. The lowest BCUT2D eigenvalue weighted by Crippen LogP contribution is -2.54. The van der Waals surface area contributed by atoms with E-state index in [0.717, 1.165) is 0 Å². The molecule has 0 aliphatic carbocycles. The van der Waals surface area contributed by atoms with Gasteiger partial charge in [0.05, 0.1) is 19.3 Å². The Labute approximate surface area is 112 Å². The molecule has 1 aliphatic heterocycles. The third-order valence-corrected chi connectivity index (χ3v) is 3.05. The van der Waals surface area contributed by atoms with Gasteiger partial charge < -0.3 is 14.7 Å². The summed E-state index contributed by atoms with van der Waals surface area (Å²) in [5.41, 5.74) is 0. The van der Waals surface area contributed by atoms with E-state index in [2.05, 4.69) is 0 Å². The molecule has 1 fully saturated rings. The fraction of sp³-hybridized carbons (Fsp3) is 0.818. The maximum atomic E-state index is 13.2. The first-order valence-corrected chi connectivity index (χ1v) is 6.01. The number of amides is 1. The molecule has 0 spiro atoms. The molecule has 2 unspecified atom stereocenters. The molecule has 0 aromatic carbocycles. The van der Waals surface area contributed by atoms with Crippen LogP contribution in [0.1, 0.15) is 13.3 Å². The number of carboxylic acid groups (broad SMARTS) is 1. The molecule has 0 bridgehead atoms. The van der Waals surface area contributed by atoms with Crippen LogP contribution in [0.5, 0.6) is 0 Å². The van der Waals surface area contributed by atoms with E-state index >= 15 is 0 Å². The molecule has 1 N–H and O–H groups in total. The second-order valence-electron chi connectivity index (χ2n) is 4.47. The normalized spacial score (nSPS) is 23.1. The second-order valence-corrected chi connectivity index (χ2v) is 4.47. The van der Waals surface area contributed by atoms with E-state index in [-0.39, 0.29) is 26.2 Å².